The van der Waals surface area contributed by atoms with Crippen LogP contribution in [0.5, 0.6) is 11.5 Å². The van der Waals surface area contributed by atoms with Crippen LogP contribution in [0.15, 0.2) is 60.7 Å². The number of hydrogen-bond donors (Lipinski definition) is 3. The quantitative estimate of drug-likeness (QED) is 0.150. The average Bonchev–Trinajstić information content (AvgIpc) is 3.30. The van der Waals surface area contributed by atoms with Gasteiger partial charge in [-0.3, -0.25) is 18.9 Å². The van der Waals surface area contributed by atoms with Gasteiger partial charge in [-0.15, -0.1) is 4.41 Å². The molecule has 2 aliphatic rings. The number of rotatable bonds is 15. The number of ether oxygens (including phenoxy) is 1. The van der Waals surface area contributed by atoms with Crippen LogP contribution in [0.1, 0.15) is 72.0 Å². The van der Waals surface area contributed by atoms with Gasteiger partial charge in [0.1, 0.15) is 17.0 Å². The molecule has 256 valence electrons. The number of aliphatic carboxylic acids is 1. The number of nitrogens with zero attached hydrogens (tertiary/aromatic N) is 4. The summed E-state index contributed by atoms with van der Waals surface area (Å²) in [5.41, 5.74) is 2.65. The van der Waals surface area contributed by atoms with Gasteiger partial charge in [-0.25, -0.2) is 9.22 Å². The number of benzene rings is 3. The van der Waals surface area contributed by atoms with Crippen molar-refractivity contribution >= 4 is 40.4 Å². The summed E-state index contributed by atoms with van der Waals surface area (Å²) in [7, 11) is 7.68. The molecule has 3 N–H and O–H groups in total. The van der Waals surface area contributed by atoms with Gasteiger partial charge in [0.2, 0.25) is 5.91 Å². The van der Waals surface area contributed by atoms with Gasteiger partial charge >= 0.3 is 5.97 Å². The Balaban J connectivity index is 1.49. The molecule has 0 bridgehead atoms. The molecule has 3 aromatic carbocycles. The van der Waals surface area contributed by atoms with Crippen molar-refractivity contribution < 1.29 is 33.0 Å². The number of amides is 2. The summed E-state index contributed by atoms with van der Waals surface area (Å²) in [6, 6.07) is 18.6. The summed E-state index contributed by atoms with van der Waals surface area (Å²) >= 11 is -2.68. The van der Waals surface area contributed by atoms with Crippen molar-refractivity contribution in [1.29, 1.82) is 0 Å². The SMILES string of the molecule is CN(C)c1ccc2c(c1)Oc1cc(N(C)C)ccc1C21c2ccccc2C(=O)N1N(CCC(=O)NCCCCCCCC(=O)O)S(=O)O. The van der Waals surface area contributed by atoms with Crippen LogP contribution in [-0.4, -0.2) is 82.4 Å². The molecule has 12 nitrogen and oxygen atoms in total. The van der Waals surface area contributed by atoms with Crippen molar-refractivity contribution in [3.8, 4) is 11.5 Å². The molecule has 2 heterocycles. The van der Waals surface area contributed by atoms with Crippen molar-refractivity contribution in [2.24, 2.45) is 0 Å². The van der Waals surface area contributed by atoms with E-state index in [0.717, 1.165) is 41.5 Å². The fourth-order valence-electron chi connectivity index (χ4n) is 6.45. The molecule has 1 unspecified atom stereocenters. The molecule has 0 saturated carbocycles. The summed E-state index contributed by atoms with van der Waals surface area (Å²) in [6.45, 7) is 0.223. The Bertz CT molecular complexity index is 1650. The highest BCUT2D eigenvalue weighted by atomic mass is 32.2. The zero-order chi connectivity index (χ0) is 34.6. The minimum atomic E-state index is -2.68. The second-order valence-electron chi connectivity index (χ2n) is 12.4. The first-order chi connectivity index (χ1) is 23.0. The number of carbonyl (C=O) groups is 3. The lowest BCUT2D eigenvalue weighted by molar-refractivity contribution is -0.137. The van der Waals surface area contributed by atoms with Gasteiger partial charge < -0.3 is 25.0 Å². The molecular formula is C35H43N5O7S. The Kier molecular flexibility index (Phi) is 10.7. The maximum Gasteiger partial charge on any atom is 0.303 e. The fraction of sp³-hybridized carbons (Fsp3) is 0.400. The molecule has 1 atom stereocenters. The van der Waals surface area contributed by atoms with Gasteiger partial charge in [0.25, 0.3) is 17.2 Å². The lowest BCUT2D eigenvalue weighted by Crippen LogP contribution is -2.57. The topological polar surface area (TPSA) is 143 Å². The molecule has 0 aromatic heterocycles. The fourth-order valence-corrected chi connectivity index (χ4v) is 7.04. The van der Waals surface area contributed by atoms with Gasteiger partial charge in [0, 0.05) is 99.9 Å². The Labute approximate surface area is 283 Å². The molecule has 13 heteroatoms. The molecular weight excluding hydrogens is 634 g/mol. The minimum absolute atomic E-state index is 0.129. The van der Waals surface area contributed by atoms with Crippen LogP contribution in [0.2, 0.25) is 0 Å². The van der Waals surface area contributed by atoms with Crippen LogP contribution in [0.4, 0.5) is 11.4 Å². The highest BCUT2D eigenvalue weighted by molar-refractivity contribution is 7.76. The number of anilines is 2. The summed E-state index contributed by atoms with van der Waals surface area (Å²) in [6.07, 6.45) is 3.93. The van der Waals surface area contributed by atoms with Crippen molar-refractivity contribution in [3.63, 3.8) is 0 Å². The molecule has 2 amide bonds. The van der Waals surface area contributed by atoms with Crippen molar-refractivity contribution in [2.45, 2.75) is 50.5 Å². The Hall–Kier alpha value is -4.46. The van der Waals surface area contributed by atoms with E-state index < -0.39 is 28.7 Å². The monoisotopic (exact) mass is 677 g/mol. The molecule has 0 aliphatic carbocycles. The van der Waals surface area contributed by atoms with Gasteiger partial charge in [-0.05, 0) is 31.0 Å². The maximum atomic E-state index is 14.4. The largest absolute Gasteiger partial charge is 0.481 e. The first-order valence-corrected chi connectivity index (χ1v) is 17.2. The molecule has 48 heavy (non-hydrogen) atoms. The minimum Gasteiger partial charge on any atom is -0.481 e. The molecule has 3 aromatic rings. The molecule has 2 aliphatic heterocycles. The van der Waals surface area contributed by atoms with E-state index in [9.17, 15) is 23.1 Å². The highest BCUT2D eigenvalue weighted by Gasteiger charge is 2.59. The van der Waals surface area contributed by atoms with E-state index >= 15 is 0 Å². The smallest absolute Gasteiger partial charge is 0.303 e. The maximum absolute atomic E-state index is 14.4. The average molecular weight is 678 g/mol. The standard InChI is InChI=1S/C35H43N5O7S/c1-37(2)24-15-17-28-30(22-24)47-31-23-25(38(3)4)16-18-29(31)35(28)27-13-10-9-12-26(27)34(44)40(35)39(48(45)46)21-19-32(41)36-20-11-7-5-6-8-14-33(42)43/h9-10,12-13,15-18,22-23H,5-8,11,14,19-21H2,1-4H3,(H,36,41)(H,42,43)(H,45,46). The predicted molar refractivity (Wildman–Crippen MR) is 185 cm³/mol. The van der Waals surface area contributed by atoms with E-state index in [1.807, 2.05) is 86.5 Å². The first-order valence-electron chi connectivity index (χ1n) is 16.1. The molecule has 5 rings (SSSR count). The Morgan fingerprint density at radius 3 is 2.00 bits per heavy atom. The van der Waals surface area contributed by atoms with E-state index in [-0.39, 0.29) is 25.3 Å². The third-order valence-electron chi connectivity index (χ3n) is 8.84. The van der Waals surface area contributed by atoms with Gasteiger partial charge in [0.15, 0.2) is 0 Å². The van der Waals surface area contributed by atoms with E-state index in [1.165, 1.54) is 5.01 Å². The zero-order valence-corrected chi connectivity index (χ0v) is 28.6. The third kappa shape index (κ3) is 6.75. The van der Waals surface area contributed by atoms with E-state index in [4.69, 9.17) is 9.84 Å². The first kappa shape index (κ1) is 34.9. The number of hydrogen-bond acceptors (Lipinski definition) is 7. The Morgan fingerprint density at radius 1 is 0.833 bits per heavy atom. The molecule has 0 saturated heterocycles. The summed E-state index contributed by atoms with van der Waals surface area (Å²) < 4.78 is 31.6. The summed E-state index contributed by atoms with van der Waals surface area (Å²) in [5.74, 6) is -0.572. The second kappa shape index (κ2) is 14.8. The van der Waals surface area contributed by atoms with Crippen molar-refractivity contribution in [2.75, 3.05) is 51.1 Å². The van der Waals surface area contributed by atoms with Crippen LogP contribution in [0.25, 0.3) is 0 Å². The number of fused-ring (bicyclic) bond motifs is 6. The number of carboxylic acids is 1. The number of carbonyl (C=O) groups excluding carboxylic acids is 2. The van der Waals surface area contributed by atoms with Crippen LogP contribution >= 0.6 is 0 Å². The van der Waals surface area contributed by atoms with Gasteiger partial charge in [0.05, 0.1) is 0 Å². The summed E-state index contributed by atoms with van der Waals surface area (Å²) in [4.78, 5) is 41.9. The van der Waals surface area contributed by atoms with Crippen LogP contribution in [0.3, 0.4) is 0 Å². The third-order valence-corrected chi connectivity index (χ3v) is 9.55. The van der Waals surface area contributed by atoms with E-state index in [1.54, 1.807) is 12.1 Å². The Morgan fingerprint density at radius 2 is 1.42 bits per heavy atom. The lowest BCUT2D eigenvalue weighted by atomic mass is 9.75. The number of nitrogens with one attached hydrogen (secondary N) is 1. The normalized spacial score (nSPS) is 14.6. The van der Waals surface area contributed by atoms with Crippen molar-refractivity contribution in [1.82, 2.24) is 14.7 Å². The summed E-state index contributed by atoms with van der Waals surface area (Å²) in [5, 5.41) is 13.0. The lowest BCUT2D eigenvalue weighted by Gasteiger charge is -2.46. The molecule has 0 fully saturated rings. The van der Waals surface area contributed by atoms with Crippen LogP contribution < -0.4 is 19.9 Å². The number of hydrazine groups is 1. The molecule has 0 radical (unpaired) electrons. The van der Waals surface area contributed by atoms with Crippen LogP contribution in [-0.2, 0) is 26.4 Å². The molecule has 1 spiro atoms. The van der Waals surface area contributed by atoms with Crippen LogP contribution in [0, 0.1) is 0 Å². The highest BCUT2D eigenvalue weighted by Crippen LogP contribution is 2.58. The predicted octanol–water partition coefficient (Wildman–Crippen LogP) is 4.96. The van der Waals surface area contributed by atoms with Gasteiger partial charge in [-0.2, -0.15) is 0 Å². The number of unbranched alkanes of at least 4 members (excludes halogenated alkanes) is 4. The van der Waals surface area contributed by atoms with Crippen molar-refractivity contribution in [3.05, 3.63) is 82.9 Å². The van der Waals surface area contributed by atoms with E-state index in [0.29, 0.717) is 46.7 Å². The zero-order valence-electron chi connectivity index (χ0n) is 27.8. The second-order valence-corrected chi connectivity index (χ2v) is 13.3. The van der Waals surface area contributed by atoms with E-state index in [2.05, 4.69) is 5.32 Å². The van der Waals surface area contributed by atoms with Gasteiger partial charge in [-0.1, -0.05) is 49.6 Å². The number of carboxylic acid groups (broad SMARTS) is 1.